The van der Waals surface area contributed by atoms with Crippen molar-refractivity contribution < 1.29 is 19.0 Å². The molecule has 0 bridgehead atoms. The maximum absolute atomic E-state index is 12.7. The van der Waals surface area contributed by atoms with Gasteiger partial charge in [0, 0.05) is 17.7 Å². The summed E-state index contributed by atoms with van der Waals surface area (Å²) in [6.07, 6.45) is 2.09. The number of anilines is 1. The SMILES string of the molecule is CCCCOCc1cc(C(=O)Nc2cc(C)ccc2OC)ccc1OCC. The molecule has 2 aromatic carbocycles. The van der Waals surface area contributed by atoms with E-state index in [9.17, 15) is 4.79 Å². The van der Waals surface area contributed by atoms with E-state index in [-0.39, 0.29) is 5.91 Å². The lowest BCUT2D eigenvalue weighted by Gasteiger charge is -2.14. The number of amides is 1. The molecule has 0 unspecified atom stereocenters. The van der Waals surface area contributed by atoms with Gasteiger partial charge in [-0.1, -0.05) is 19.4 Å². The fourth-order valence-corrected chi connectivity index (χ4v) is 2.67. The van der Waals surface area contributed by atoms with E-state index >= 15 is 0 Å². The summed E-state index contributed by atoms with van der Waals surface area (Å²) in [5, 5.41) is 2.93. The van der Waals surface area contributed by atoms with Crippen molar-refractivity contribution in [2.24, 2.45) is 0 Å². The van der Waals surface area contributed by atoms with Gasteiger partial charge in [0.15, 0.2) is 0 Å². The van der Waals surface area contributed by atoms with Gasteiger partial charge < -0.3 is 19.5 Å². The Hall–Kier alpha value is -2.53. The lowest BCUT2D eigenvalue weighted by atomic mass is 10.1. The summed E-state index contributed by atoms with van der Waals surface area (Å²) < 4.78 is 16.7. The Morgan fingerprint density at radius 2 is 1.85 bits per heavy atom. The van der Waals surface area contributed by atoms with Gasteiger partial charge >= 0.3 is 0 Å². The zero-order valence-corrected chi connectivity index (χ0v) is 16.6. The fourth-order valence-electron chi connectivity index (χ4n) is 2.67. The minimum atomic E-state index is -0.197. The van der Waals surface area contributed by atoms with E-state index < -0.39 is 0 Å². The van der Waals surface area contributed by atoms with E-state index in [1.54, 1.807) is 13.2 Å². The number of aryl methyl sites for hydroxylation is 1. The molecule has 0 saturated heterocycles. The number of rotatable bonds is 10. The fraction of sp³-hybridized carbons (Fsp3) is 0.409. The van der Waals surface area contributed by atoms with Gasteiger partial charge in [-0.05, 0) is 56.2 Å². The molecule has 0 saturated carbocycles. The third-order valence-electron chi connectivity index (χ3n) is 4.13. The first-order valence-corrected chi connectivity index (χ1v) is 9.38. The number of methoxy groups -OCH3 is 1. The number of carbonyl (C=O) groups is 1. The molecular formula is C22H29NO4. The molecule has 2 rings (SSSR count). The number of ether oxygens (including phenoxy) is 3. The number of unbranched alkanes of at least 4 members (excludes halogenated alkanes) is 1. The van der Waals surface area contributed by atoms with Gasteiger partial charge in [-0.25, -0.2) is 0 Å². The van der Waals surface area contributed by atoms with Crippen molar-refractivity contribution in [3.8, 4) is 11.5 Å². The maximum atomic E-state index is 12.7. The second-order valence-electron chi connectivity index (χ2n) is 6.32. The number of nitrogens with one attached hydrogen (secondary N) is 1. The van der Waals surface area contributed by atoms with Gasteiger partial charge in [0.1, 0.15) is 11.5 Å². The smallest absolute Gasteiger partial charge is 0.255 e. The Balaban J connectivity index is 2.19. The first-order chi connectivity index (χ1) is 13.1. The quantitative estimate of drug-likeness (QED) is 0.599. The first kappa shape index (κ1) is 20.8. The van der Waals surface area contributed by atoms with E-state index in [2.05, 4.69) is 12.2 Å². The molecular weight excluding hydrogens is 342 g/mol. The number of carbonyl (C=O) groups excluding carboxylic acids is 1. The molecule has 1 N–H and O–H groups in total. The number of benzene rings is 2. The summed E-state index contributed by atoms with van der Waals surface area (Å²) in [6, 6.07) is 11.1. The minimum Gasteiger partial charge on any atom is -0.495 e. The Bertz CT molecular complexity index is 758. The second-order valence-corrected chi connectivity index (χ2v) is 6.32. The molecule has 2 aromatic rings. The average Bonchev–Trinajstić information content (AvgIpc) is 2.66. The highest BCUT2D eigenvalue weighted by atomic mass is 16.5. The maximum Gasteiger partial charge on any atom is 0.255 e. The van der Waals surface area contributed by atoms with Gasteiger partial charge in [-0.3, -0.25) is 4.79 Å². The third-order valence-corrected chi connectivity index (χ3v) is 4.13. The zero-order valence-electron chi connectivity index (χ0n) is 16.6. The molecule has 0 aromatic heterocycles. The van der Waals surface area contributed by atoms with Gasteiger partial charge in [-0.15, -0.1) is 0 Å². The molecule has 0 spiro atoms. The summed E-state index contributed by atoms with van der Waals surface area (Å²) in [4.78, 5) is 12.7. The topological polar surface area (TPSA) is 56.8 Å². The summed E-state index contributed by atoms with van der Waals surface area (Å²) in [7, 11) is 1.59. The van der Waals surface area contributed by atoms with Crippen molar-refractivity contribution in [1.82, 2.24) is 0 Å². The van der Waals surface area contributed by atoms with Crippen LogP contribution in [0, 0.1) is 6.92 Å². The highest BCUT2D eigenvalue weighted by Gasteiger charge is 2.13. The van der Waals surface area contributed by atoms with Crippen LogP contribution in [0.5, 0.6) is 11.5 Å². The molecule has 27 heavy (non-hydrogen) atoms. The minimum absolute atomic E-state index is 0.197. The van der Waals surface area contributed by atoms with Crippen molar-refractivity contribution in [1.29, 1.82) is 0 Å². The van der Waals surface area contributed by atoms with Crippen LogP contribution in [0.1, 0.15) is 48.2 Å². The van der Waals surface area contributed by atoms with Crippen molar-refractivity contribution >= 4 is 11.6 Å². The van der Waals surface area contributed by atoms with Crippen molar-refractivity contribution in [3.63, 3.8) is 0 Å². The second kappa shape index (κ2) is 10.6. The molecule has 0 aliphatic rings. The third kappa shape index (κ3) is 6.00. The van der Waals surface area contributed by atoms with Crippen LogP contribution in [0.3, 0.4) is 0 Å². The zero-order chi connectivity index (χ0) is 19.6. The lowest BCUT2D eigenvalue weighted by molar-refractivity contribution is 0.102. The highest BCUT2D eigenvalue weighted by Crippen LogP contribution is 2.27. The predicted octanol–water partition coefficient (Wildman–Crippen LogP) is 4.97. The van der Waals surface area contributed by atoms with Crippen LogP contribution >= 0.6 is 0 Å². The van der Waals surface area contributed by atoms with Crippen molar-refractivity contribution in [3.05, 3.63) is 53.1 Å². The van der Waals surface area contributed by atoms with Gasteiger partial charge in [0.2, 0.25) is 0 Å². The first-order valence-electron chi connectivity index (χ1n) is 9.38. The summed E-state index contributed by atoms with van der Waals surface area (Å²) in [6.45, 7) is 7.71. The Morgan fingerprint density at radius 3 is 2.56 bits per heavy atom. The Labute approximate surface area is 161 Å². The molecule has 1 amide bonds. The highest BCUT2D eigenvalue weighted by molar-refractivity contribution is 6.05. The monoisotopic (exact) mass is 371 g/mol. The summed E-state index contributed by atoms with van der Waals surface area (Å²) in [5.41, 5.74) is 3.12. The summed E-state index contributed by atoms with van der Waals surface area (Å²) in [5.74, 6) is 1.18. The normalized spacial score (nSPS) is 10.5. The van der Waals surface area contributed by atoms with Crippen LogP contribution in [-0.2, 0) is 11.3 Å². The van der Waals surface area contributed by atoms with E-state index in [1.807, 2.05) is 44.2 Å². The Kier molecular flexibility index (Phi) is 8.14. The largest absolute Gasteiger partial charge is 0.495 e. The Morgan fingerprint density at radius 1 is 1.07 bits per heavy atom. The molecule has 0 aliphatic carbocycles. The molecule has 0 heterocycles. The van der Waals surface area contributed by atoms with E-state index in [4.69, 9.17) is 14.2 Å². The summed E-state index contributed by atoms with van der Waals surface area (Å²) >= 11 is 0. The molecule has 5 heteroatoms. The number of hydrogen-bond acceptors (Lipinski definition) is 4. The van der Waals surface area contributed by atoms with Gasteiger partial charge in [-0.2, -0.15) is 0 Å². The predicted molar refractivity (Wildman–Crippen MR) is 108 cm³/mol. The van der Waals surface area contributed by atoms with E-state index in [0.29, 0.717) is 36.8 Å². The van der Waals surface area contributed by atoms with Gasteiger partial charge in [0.25, 0.3) is 5.91 Å². The van der Waals surface area contributed by atoms with Crippen LogP contribution in [0.25, 0.3) is 0 Å². The van der Waals surface area contributed by atoms with Gasteiger partial charge in [0.05, 0.1) is 26.0 Å². The lowest BCUT2D eigenvalue weighted by Crippen LogP contribution is -2.13. The molecule has 0 radical (unpaired) electrons. The van der Waals surface area contributed by atoms with Crippen LogP contribution in [0.4, 0.5) is 5.69 Å². The molecule has 0 atom stereocenters. The van der Waals surface area contributed by atoms with Crippen LogP contribution < -0.4 is 14.8 Å². The van der Waals surface area contributed by atoms with Crippen molar-refractivity contribution in [2.45, 2.75) is 40.2 Å². The number of hydrogen-bond donors (Lipinski definition) is 1. The molecule has 5 nitrogen and oxygen atoms in total. The molecule has 146 valence electrons. The van der Waals surface area contributed by atoms with Crippen LogP contribution in [0.2, 0.25) is 0 Å². The standard InChI is InChI=1S/C22H29NO4/c1-5-7-12-26-15-18-14-17(9-11-20(18)27-6-2)22(24)23-19-13-16(3)8-10-21(19)25-4/h8-11,13-14H,5-7,12,15H2,1-4H3,(H,23,24). The van der Waals surface area contributed by atoms with Crippen LogP contribution in [0.15, 0.2) is 36.4 Å². The average molecular weight is 371 g/mol. The van der Waals surface area contributed by atoms with Crippen molar-refractivity contribution in [2.75, 3.05) is 25.6 Å². The van der Waals surface area contributed by atoms with E-state index in [1.165, 1.54) is 0 Å². The van der Waals surface area contributed by atoms with E-state index in [0.717, 1.165) is 29.7 Å². The molecule has 0 aliphatic heterocycles. The van der Waals surface area contributed by atoms with Crippen LogP contribution in [-0.4, -0.2) is 26.2 Å². The molecule has 0 fully saturated rings.